The zero-order valence-corrected chi connectivity index (χ0v) is 14.5. The summed E-state index contributed by atoms with van der Waals surface area (Å²) in [5, 5.41) is 12.3. The van der Waals surface area contributed by atoms with Gasteiger partial charge in [0.25, 0.3) is 5.91 Å². The van der Waals surface area contributed by atoms with Crippen molar-refractivity contribution in [1.82, 2.24) is 10.2 Å². The number of carbonyl (C=O) groups excluding carboxylic acids is 1. The monoisotopic (exact) mass is 336 g/mol. The summed E-state index contributed by atoms with van der Waals surface area (Å²) in [5.74, 6) is 0.961. The number of amides is 1. The van der Waals surface area contributed by atoms with E-state index in [0.717, 1.165) is 41.9 Å². The summed E-state index contributed by atoms with van der Waals surface area (Å²) in [5.41, 5.74) is 5.24. The highest BCUT2D eigenvalue weighted by molar-refractivity contribution is 5.97. The third-order valence-corrected chi connectivity index (χ3v) is 5.51. The summed E-state index contributed by atoms with van der Waals surface area (Å²) in [4.78, 5) is 15.0. The minimum atomic E-state index is 0.0421. The molecule has 0 spiro atoms. The molecule has 0 bridgehead atoms. The minimum absolute atomic E-state index is 0.0421. The summed E-state index contributed by atoms with van der Waals surface area (Å²) in [6.07, 6.45) is 0.648. The van der Waals surface area contributed by atoms with Crippen molar-refractivity contribution in [2.45, 2.75) is 12.3 Å². The predicted molar refractivity (Wildman–Crippen MR) is 98.7 cm³/mol. The van der Waals surface area contributed by atoms with Crippen LogP contribution in [0.2, 0.25) is 0 Å². The molecule has 2 heterocycles. The Morgan fingerprint density at radius 3 is 2.84 bits per heavy atom. The highest BCUT2D eigenvalue weighted by Gasteiger charge is 2.36. The quantitative estimate of drug-likeness (QED) is 0.904. The van der Waals surface area contributed by atoms with Crippen LogP contribution in [0, 0.1) is 5.92 Å². The number of fused-ring (bicyclic) bond motifs is 3. The number of likely N-dealkylation sites (N-methyl/N-ethyl adjacent to an activating group) is 1. The summed E-state index contributed by atoms with van der Waals surface area (Å²) in [6, 6.07) is 14.5. The topological polar surface area (TPSA) is 52.6 Å². The average molecular weight is 336 g/mol. The van der Waals surface area contributed by atoms with Crippen LogP contribution in [-0.4, -0.2) is 49.2 Å². The fourth-order valence-electron chi connectivity index (χ4n) is 4.26. The van der Waals surface area contributed by atoms with E-state index in [4.69, 9.17) is 5.11 Å². The maximum absolute atomic E-state index is 12.6. The molecule has 4 heteroatoms. The van der Waals surface area contributed by atoms with Crippen LogP contribution in [-0.2, 0) is 6.42 Å². The lowest BCUT2D eigenvalue weighted by atomic mass is 9.86. The van der Waals surface area contributed by atoms with Gasteiger partial charge in [0.05, 0.1) is 0 Å². The van der Waals surface area contributed by atoms with Gasteiger partial charge in [-0.25, -0.2) is 0 Å². The number of rotatable bonds is 3. The summed E-state index contributed by atoms with van der Waals surface area (Å²) >= 11 is 0. The first-order valence-electron chi connectivity index (χ1n) is 8.96. The number of nitrogens with one attached hydrogen (secondary N) is 1. The summed E-state index contributed by atoms with van der Waals surface area (Å²) < 4.78 is 0. The minimum Gasteiger partial charge on any atom is -0.396 e. The molecule has 0 aromatic heterocycles. The zero-order valence-electron chi connectivity index (χ0n) is 14.5. The van der Waals surface area contributed by atoms with E-state index in [9.17, 15) is 4.79 Å². The summed E-state index contributed by atoms with van der Waals surface area (Å²) in [6.45, 7) is 2.95. The van der Waals surface area contributed by atoms with Crippen molar-refractivity contribution in [2.24, 2.45) is 5.92 Å². The van der Waals surface area contributed by atoms with Gasteiger partial charge in [-0.15, -0.1) is 0 Å². The molecule has 4 nitrogen and oxygen atoms in total. The molecule has 2 aliphatic rings. The van der Waals surface area contributed by atoms with Crippen molar-refractivity contribution in [1.29, 1.82) is 0 Å². The highest BCUT2D eigenvalue weighted by Crippen LogP contribution is 2.37. The molecular formula is C21H24N2O2. The Morgan fingerprint density at radius 1 is 1.16 bits per heavy atom. The molecule has 1 fully saturated rings. The Balaban J connectivity index is 1.74. The maximum atomic E-state index is 12.6. The lowest BCUT2D eigenvalue weighted by Gasteiger charge is -2.17. The number of hydrogen-bond acceptors (Lipinski definition) is 3. The number of benzene rings is 2. The van der Waals surface area contributed by atoms with Gasteiger partial charge in [0, 0.05) is 37.7 Å². The Bertz CT molecular complexity index is 802. The van der Waals surface area contributed by atoms with Gasteiger partial charge in [-0.3, -0.25) is 4.79 Å². The van der Waals surface area contributed by atoms with E-state index in [2.05, 4.69) is 41.5 Å². The van der Waals surface area contributed by atoms with E-state index in [1.54, 1.807) is 0 Å². The molecule has 0 aliphatic carbocycles. The van der Waals surface area contributed by atoms with E-state index in [1.807, 2.05) is 18.2 Å². The third-order valence-electron chi connectivity index (χ3n) is 5.51. The molecule has 2 aromatic rings. The molecule has 0 saturated carbocycles. The van der Waals surface area contributed by atoms with Gasteiger partial charge in [0.1, 0.15) is 0 Å². The van der Waals surface area contributed by atoms with E-state index in [-0.39, 0.29) is 12.5 Å². The number of aliphatic hydroxyl groups is 1. The zero-order chi connectivity index (χ0) is 17.4. The van der Waals surface area contributed by atoms with Crippen LogP contribution in [0.3, 0.4) is 0 Å². The van der Waals surface area contributed by atoms with E-state index in [1.165, 1.54) is 5.56 Å². The first-order valence-corrected chi connectivity index (χ1v) is 8.96. The molecule has 1 amide bonds. The van der Waals surface area contributed by atoms with Crippen molar-refractivity contribution in [3.8, 4) is 11.1 Å². The molecular weight excluding hydrogens is 312 g/mol. The molecule has 2 aromatic carbocycles. The molecule has 0 unspecified atom stereocenters. The Hall–Kier alpha value is -2.17. The third kappa shape index (κ3) is 3.08. The number of nitrogens with zero attached hydrogens (tertiary/aromatic N) is 1. The van der Waals surface area contributed by atoms with E-state index >= 15 is 0 Å². The fourth-order valence-corrected chi connectivity index (χ4v) is 4.26. The van der Waals surface area contributed by atoms with E-state index < -0.39 is 0 Å². The van der Waals surface area contributed by atoms with Crippen molar-refractivity contribution in [3.05, 3.63) is 59.2 Å². The van der Waals surface area contributed by atoms with Crippen molar-refractivity contribution in [3.63, 3.8) is 0 Å². The van der Waals surface area contributed by atoms with E-state index in [0.29, 0.717) is 18.3 Å². The van der Waals surface area contributed by atoms with Crippen LogP contribution >= 0.6 is 0 Å². The number of hydrogen-bond donors (Lipinski definition) is 2. The van der Waals surface area contributed by atoms with Gasteiger partial charge in [0.15, 0.2) is 0 Å². The molecule has 1 saturated heterocycles. The Morgan fingerprint density at radius 2 is 2.00 bits per heavy atom. The highest BCUT2D eigenvalue weighted by atomic mass is 16.3. The fraction of sp³-hybridized carbons (Fsp3) is 0.381. The second-order valence-electron chi connectivity index (χ2n) is 7.27. The molecule has 130 valence electrons. The van der Waals surface area contributed by atoms with Gasteiger partial charge in [0.2, 0.25) is 0 Å². The standard InChI is InChI=1S/C21H24N2O2/c1-23-12-17-11-22-21(25)19-10-16(5-6-18(19)20(17)13-23)15-4-2-3-14(9-15)7-8-24/h2-6,9-10,17,20,24H,7-8,11-13H2,1H3,(H,22,25)/t17-,20-/m0/s1. The van der Waals surface area contributed by atoms with Gasteiger partial charge in [-0.05, 0) is 47.7 Å². The predicted octanol–water partition coefficient (Wildman–Crippen LogP) is 2.28. The van der Waals surface area contributed by atoms with Gasteiger partial charge in [-0.1, -0.05) is 36.4 Å². The molecule has 25 heavy (non-hydrogen) atoms. The van der Waals surface area contributed by atoms with Crippen molar-refractivity contribution < 1.29 is 9.90 Å². The van der Waals surface area contributed by atoms with Crippen LogP contribution in [0.5, 0.6) is 0 Å². The molecule has 0 radical (unpaired) electrons. The average Bonchev–Trinajstić information content (AvgIpc) is 2.95. The number of likely N-dealkylation sites (tertiary alicyclic amines) is 1. The Labute approximate surface area is 148 Å². The normalized spacial score (nSPS) is 22.9. The maximum Gasteiger partial charge on any atom is 0.251 e. The largest absolute Gasteiger partial charge is 0.396 e. The van der Waals surface area contributed by atoms with Crippen LogP contribution in [0.15, 0.2) is 42.5 Å². The second kappa shape index (κ2) is 6.62. The first kappa shape index (κ1) is 16.3. The van der Waals surface area contributed by atoms with Crippen molar-refractivity contribution in [2.75, 3.05) is 33.3 Å². The van der Waals surface area contributed by atoms with Gasteiger partial charge in [-0.2, -0.15) is 0 Å². The van der Waals surface area contributed by atoms with Crippen LogP contribution in [0.25, 0.3) is 11.1 Å². The van der Waals surface area contributed by atoms with Gasteiger partial charge >= 0.3 is 0 Å². The molecule has 2 atom stereocenters. The lowest BCUT2D eigenvalue weighted by Crippen LogP contribution is -2.29. The van der Waals surface area contributed by atoms with Crippen molar-refractivity contribution >= 4 is 5.91 Å². The van der Waals surface area contributed by atoms with Crippen LogP contribution in [0.1, 0.15) is 27.4 Å². The summed E-state index contributed by atoms with van der Waals surface area (Å²) in [7, 11) is 2.15. The SMILES string of the molecule is CN1C[C@@H]2CNC(=O)c3cc(-c4cccc(CCO)c4)ccc3[C@H]2C1. The molecule has 4 rings (SSSR count). The molecule has 2 N–H and O–H groups in total. The molecule has 2 aliphatic heterocycles. The van der Waals surface area contributed by atoms with Crippen LogP contribution in [0.4, 0.5) is 0 Å². The first-order chi connectivity index (χ1) is 12.2. The smallest absolute Gasteiger partial charge is 0.251 e. The van der Waals surface area contributed by atoms with Gasteiger partial charge < -0.3 is 15.3 Å². The second-order valence-corrected chi connectivity index (χ2v) is 7.27. The lowest BCUT2D eigenvalue weighted by molar-refractivity contribution is 0.0951. The Kier molecular flexibility index (Phi) is 4.32. The number of carbonyl (C=O) groups is 1. The number of aliphatic hydroxyl groups excluding tert-OH is 1. The van der Waals surface area contributed by atoms with Crippen LogP contribution < -0.4 is 5.32 Å².